The maximum atomic E-state index is 12.9. The summed E-state index contributed by atoms with van der Waals surface area (Å²) >= 11 is 0. The van der Waals surface area contributed by atoms with Gasteiger partial charge in [-0.1, -0.05) is 76.2 Å². The van der Waals surface area contributed by atoms with Crippen molar-refractivity contribution in [1.29, 1.82) is 0 Å². The summed E-state index contributed by atoms with van der Waals surface area (Å²) in [5, 5.41) is 9.65. The van der Waals surface area contributed by atoms with Crippen LogP contribution in [0.15, 0.2) is 71.3 Å². The number of furan rings is 1. The van der Waals surface area contributed by atoms with Gasteiger partial charge in [-0.05, 0) is 40.7 Å². The van der Waals surface area contributed by atoms with Crippen LogP contribution >= 0.6 is 0 Å². The highest BCUT2D eigenvalue weighted by atomic mass is 16.3. The Kier molecular flexibility index (Phi) is 7.90. The van der Waals surface area contributed by atoms with E-state index in [4.69, 9.17) is 4.42 Å². The van der Waals surface area contributed by atoms with E-state index in [0.717, 1.165) is 28.1 Å². The smallest absolute Gasteiger partial charge is 0.319 e. The van der Waals surface area contributed by atoms with Crippen LogP contribution in [-0.4, -0.2) is 12.6 Å². The van der Waals surface area contributed by atoms with E-state index in [1.807, 2.05) is 30.3 Å². The molecule has 3 aromatic rings. The summed E-state index contributed by atoms with van der Waals surface area (Å²) in [7, 11) is 0. The van der Waals surface area contributed by atoms with Gasteiger partial charge >= 0.3 is 6.03 Å². The number of carbonyl (C=O) groups excluding carboxylic acids is 1. The monoisotopic (exact) mass is 419 g/mol. The van der Waals surface area contributed by atoms with Crippen molar-refractivity contribution in [2.45, 2.75) is 52.1 Å². The Balaban J connectivity index is 1.70. The molecule has 0 aliphatic rings. The van der Waals surface area contributed by atoms with E-state index in [0.29, 0.717) is 24.9 Å². The summed E-state index contributed by atoms with van der Waals surface area (Å²) in [5.41, 5.74) is 4.33. The molecule has 0 spiro atoms. The van der Waals surface area contributed by atoms with Gasteiger partial charge < -0.3 is 20.4 Å². The molecule has 0 saturated heterocycles. The lowest BCUT2D eigenvalue weighted by molar-refractivity contribution is 0.250. The molecule has 1 unspecified atom stereocenters. The lowest BCUT2D eigenvalue weighted by Crippen LogP contribution is -2.37. The minimum atomic E-state index is -0.198. The molecule has 0 saturated carbocycles. The third-order valence-electron chi connectivity index (χ3n) is 5.38. The SMILES string of the molecule is CC(C)c1cccc(C(C)C)c1NC(=O)NCC(NCc1ccco1)c1ccccc1. The van der Waals surface area contributed by atoms with Gasteiger partial charge in [-0.3, -0.25) is 0 Å². The zero-order chi connectivity index (χ0) is 22.2. The summed E-state index contributed by atoms with van der Waals surface area (Å²) in [5.74, 6) is 1.50. The first-order chi connectivity index (χ1) is 15.0. The molecular formula is C26H33N3O2. The number of rotatable bonds is 9. The number of benzene rings is 2. The Bertz CT molecular complexity index is 924. The van der Waals surface area contributed by atoms with Crippen LogP contribution in [0, 0.1) is 0 Å². The number of anilines is 1. The van der Waals surface area contributed by atoms with Crippen molar-refractivity contribution in [2.24, 2.45) is 0 Å². The molecule has 1 atom stereocenters. The van der Waals surface area contributed by atoms with Gasteiger partial charge in [-0.25, -0.2) is 4.79 Å². The van der Waals surface area contributed by atoms with Gasteiger partial charge in [0.2, 0.25) is 0 Å². The molecule has 164 valence electrons. The summed E-state index contributed by atoms with van der Waals surface area (Å²) in [6, 6.07) is 19.9. The number of nitrogens with one attached hydrogen (secondary N) is 3. The molecule has 5 nitrogen and oxygen atoms in total. The number of hydrogen-bond donors (Lipinski definition) is 3. The predicted octanol–water partition coefficient (Wildman–Crippen LogP) is 6.18. The van der Waals surface area contributed by atoms with Gasteiger partial charge in [0.25, 0.3) is 0 Å². The van der Waals surface area contributed by atoms with Gasteiger partial charge in [0.1, 0.15) is 5.76 Å². The number of para-hydroxylation sites is 1. The van der Waals surface area contributed by atoms with Crippen LogP contribution in [0.1, 0.15) is 68.0 Å². The van der Waals surface area contributed by atoms with E-state index in [1.54, 1.807) is 6.26 Å². The zero-order valence-electron chi connectivity index (χ0n) is 18.8. The van der Waals surface area contributed by atoms with Crippen molar-refractivity contribution in [2.75, 3.05) is 11.9 Å². The highest BCUT2D eigenvalue weighted by molar-refractivity contribution is 5.91. The average Bonchev–Trinajstić information content (AvgIpc) is 3.28. The lowest BCUT2D eigenvalue weighted by Gasteiger charge is -2.22. The largest absolute Gasteiger partial charge is 0.468 e. The molecule has 1 heterocycles. The standard InChI is InChI=1S/C26H33N3O2/c1-18(2)22-13-8-14-23(19(3)4)25(22)29-26(30)28-17-24(20-10-6-5-7-11-20)27-16-21-12-9-15-31-21/h5-15,18-19,24,27H,16-17H2,1-4H3,(H2,28,29,30). The molecule has 0 aliphatic carbocycles. The minimum absolute atomic E-state index is 0.0399. The maximum absolute atomic E-state index is 12.9. The molecule has 0 bridgehead atoms. The van der Waals surface area contributed by atoms with Crippen LogP contribution in [0.2, 0.25) is 0 Å². The van der Waals surface area contributed by atoms with Crippen LogP contribution in [0.5, 0.6) is 0 Å². The number of carbonyl (C=O) groups is 1. The highest BCUT2D eigenvalue weighted by Crippen LogP contribution is 2.32. The lowest BCUT2D eigenvalue weighted by atomic mass is 9.93. The number of hydrogen-bond acceptors (Lipinski definition) is 3. The van der Waals surface area contributed by atoms with Gasteiger partial charge in [-0.2, -0.15) is 0 Å². The Morgan fingerprint density at radius 1 is 0.871 bits per heavy atom. The molecular weight excluding hydrogens is 386 g/mol. The quantitative estimate of drug-likeness (QED) is 0.388. The topological polar surface area (TPSA) is 66.3 Å². The maximum Gasteiger partial charge on any atom is 0.319 e. The van der Waals surface area contributed by atoms with E-state index < -0.39 is 0 Å². The second-order valence-electron chi connectivity index (χ2n) is 8.38. The second-order valence-corrected chi connectivity index (χ2v) is 8.38. The van der Waals surface area contributed by atoms with E-state index in [2.05, 4.69) is 74.0 Å². The predicted molar refractivity (Wildman–Crippen MR) is 126 cm³/mol. The van der Waals surface area contributed by atoms with Crippen molar-refractivity contribution in [3.8, 4) is 0 Å². The molecule has 3 N–H and O–H groups in total. The fourth-order valence-corrected chi connectivity index (χ4v) is 3.68. The molecule has 2 amide bonds. The van der Waals surface area contributed by atoms with Crippen molar-refractivity contribution >= 4 is 11.7 Å². The van der Waals surface area contributed by atoms with E-state index >= 15 is 0 Å². The van der Waals surface area contributed by atoms with Crippen molar-refractivity contribution < 1.29 is 9.21 Å². The highest BCUT2D eigenvalue weighted by Gasteiger charge is 2.17. The fourth-order valence-electron chi connectivity index (χ4n) is 3.68. The summed E-state index contributed by atoms with van der Waals surface area (Å²) < 4.78 is 5.43. The second kappa shape index (κ2) is 10.8. The van der Waals surface area contributed by atoms with E-state index in [1.165, 1.54) is 0 Å². The van der Waals surface area contributed by atoms with E-state index in [9.17, 15) is 4.79 Å². The van der Waals surface area contributed by atoms with Crippen LogP contribution in [0.3, 0.4) is 0 Å². The first-order valence-corrected chi connectivity index (χ1v) is 10.9. The number of urea groups is 1. The molecule has 31 heavy (non-hydrogen) atoms. The first kappa shape index (κ1) is 22.6. The van der Waals surface area contributed by atoms with Crippen molar-refractivity contribution in [3.63, 3.8) is 0 Å². The third kappa shape index (κ3) is 6.22. The van der Waals surface area contributed by atoms with Crippen LogP contribution in [0.25, 0.3) is 0 Å². The van der Waals surface area contributed by atoms with Crippen LogP contribution < -0.4 is 16.0 Å². The molecule has 1 aromatic heterocycles. The third-order valence-corrected chi connectivity index (χ3v) is 5.38. The van der Waals surface area contributed by atoms with Gasteiger partial charge in [0.05, 0.1) is 18.8 Å². The Morgan fingerprint density at radius 2 is 1.55 bits per heavy atom. The molecule has 5 heteroatoms. The van der Waals surface area contributed by atoms with Gasteiger partial charge in [0.15, 0.2) is 0 Å². The fraction of sp³-hybridized carbons (Fsp3) is 0.346. The number of amides is 2. The Morgan fingerprint density at radius 3 is 2.13 bits per heavy atom. The summed E-state index contributed by atoms with van der Waals surface area (Å²) in [4.78, 5) is 12.9. The van der Waals surface area contributed by atoms with Crippen LogP contribution in [-0.2, 0) is 6.54 Å². The van der Waals surface area contributed by atoms with Crippen LogP contribution in [0.4, 0.5) is 10.5 Å². The molecule has 2 aromatic carbocycles. The Hall–Kier alpha value is -3.05. The molecule has 0 aliphatic heterocycles. The Labute approximate surface area is 185 Å². The molecule has 3 rings (SSSR count). The van der Waals surface area contributed by atoms with Gasteiger partial charge in [0, 0.05) is 12.2 Å². The van der Waals surface area contributed by atoms with E-state index in [-0.39, 0.29) is 12.1 Å². The summed E-state index contributed by atoms with van der Waals surface area (Å²) in [6.07, 6.45) is 1.67. The zero-order valence-corrected chi connectivity index (χ0v) is 18.8. The molecule has 0 fully saturated rings. The van der Waals surface area contributed by atoms with Crippen molar-refractivity contribution in [1.82, 2.24) is 10.6 Å². The minimum Gasteiger partial charge on any atom is -0.468 e. The summed E-state index contributed by atoms with van der Waals surface area (Å²) in [6.45, 7) is 9.62. The average molecular weight is 420 g/mol. The van der Waals surface area contributed by atoms with Gasteiger partial charge in [-0.15, -0.1) is 0 Å². The first-order valence-electron chi connectivity index (χ1n) is 10.9. The van der Waals surface area contributed by atoms with Crippen molar-refractivity contribution in [3.05, 3.63) is 89.4 Å². The molecule has 0 radical (unpaired) electrons. The normalized spacial score (nSPS) is 12.2.